The zero-order chi connectivity index (χ0) is 13.4. The zero-order valence-electron chi connectivity index (χ0n) is 10.2. The molecule has 98 valence electrons. The van der Waals surface area contributed by atoms with Gasteiger partial charge < -0.3 is 15.0 Å². The molecule has 6 heteroatoms. The van der Waals surface area contributed by atoms with E-state index in [-0.39, 0.29) is 17.5 Å². The highest BCUT2D eigenvalue weighted by Gasteiger charge is 2.22. The van der Waals surface area contributed by atoms with Crippen LogP contribution in [0.1, 0.15) is 29.2 Å². The number of carboxylic acid groups (broad SMARTS) is 1. The molecule has 0 aliphatic carbocycles. The van der Waals surface area contributed by atoms with E-state index in [9.17, 15) is 9.59 Å². The molecule has 1 unspecified atom stereocenters. The van der Waals surface area contributed by atoms with Crippen LogP contribution in [0.15, 0.2) is 24.5 Å². The number of benzene rings is 1. The highest BCUT2D eigenvalue weighted by Crippen LogP contribution is 2.24. The van der Waals surface area contributed by atoms with Gasteiger partial charge >= 0.3 is 5.97 Å². The van der Waals surface area contributed by atoms with Gasteiger partial charge in [0.2, 0.25) is 5.91 Å². The Balaban J connectivity index is 2.04. The highest BCUT2D eigenvalue weighted by molar-refractivity contribution is 6.00. The molecule has 3 rings (SSSR count). The van der Waals surface area contributed by atoms with Crippen LogP contribution in [0, 0.1) is 0 Å². The van der Waals surface area contributed by atoms with Gasteiger partial charge in [0.1, 0.15) is 5.52 Å². The largest absolute Gasteiger partial charge is 0.478 e. The first-order valence-corrected chi connectivity index (χ1v) is 6.12. The van der Waals surface area contributed by atoms with E-state index < -0.39 is 5.97 Å². The number of amides is 1. The summed E-state index contributed by atoms with van der Waals surface area (Å²) >= 11 is 0. The molecule has 0 bridgehead atoms. The van der Waals surface area contributed by atoms with Crippen molar-refractivity contribution in [1.82, 2.24) is 14.9 Å². The average molecular weight is 259 g/mol. The number of hydrogen-bond acceptors (Lipinski definition) is 3. The van der Waals surface area contributed by atoms with Crippen molar-refractivity contribution >= 4 is 22.9 Å². The fraction of sp³-hybridized carbons (Fsp3) is 0.308. The van der Waals surface area contributed by atoms with Crippen LogP contribution in [0.25, 0.3) is 11.0 Å². The number of aromatic nitrogens is 2. The summed E-state index contributed by atoms with van der Waals surface area (Å²) in [5.41, 5.74) is 1.49. The number of piperidine rings is 1. The van der Waals surface area contributed by atoms with Gasteiger partial charge in [0.15, 0.2) is 0 Å². The summed E-state index contributed by atoms with van der Waals surface area (Å²) in [5.74, 6) is -0.917. The molecule has 1 atom stereocenters. The number of rotatable bonds is 2. The second-order valence-corrected chi connectivity index (χ2v) is 4.63. The minimum atomic E-state index is -0.979. The maximum atomic E-state index is 11.2. The van der Waals surface area contributed by atoms with Gasteiger partial charge in [0, 0.05) is 13.0 Å². The second-order valence-electron chi connectivity index (χ2n) is 4.63. The Morgan fingerprint density at radius 1 is 1.47 bits per heavy atom. The van der Waals surface area contributed by atoms with E-state index in [4.69, 9.17) is 5.11 Å². The first kappa shape index (κ1) is 11.7. The predicted molar refractivity (Wildman–Crippen MR) is 68.0 cm³/mol. The fourth-order valence-electron chi connectivity index (χ4n) is 2.48. The highest BCUT2D eigenvalue weighted by atomic mass is 16.4. The molecule has 2 aromatic rings. The van der Waals surface area contributed by atoms with Gasteiger partial charge in [-0.15, -0.1) is 0 Å². The molecular weight excluding hydrogens is 246 g/mol. The molecule has 1 saturated heterocycles. The maximum absolute atomic E-state index is 11.2. The molecule has 2 N–H and O–H groups in total. The van der Waals surface area contributed by atoms with Crippen LogP contribution in [0.5, 0.6) is 0 Å². The molecule has 1 aromatic carbocycles. The Kier molecular flexibility index (Phi) is 2.70. The Hall–Kier alpha value is -2.37. The van der Waals surface area contributed by atoms with Crippen molar-refractivity contribution in [2.45, 2.75) is 18.9 Å². The molecule has 19 heavy (non-hydrogen) atoms. The van der Waals surface area contributed by atoms with Crippen molar-refractivity contribution < 1.29 is 14.7 Å². The Morgan fingerprint density at radius 2 is 2.32 bits per heavy atom. The lowest BCUT2D eigenvalue weighted by Crippen LogP contribution is -2.35. The Morgan fingerprint density at radius 3 is 3.00 bits per heavy atom. The summed E-state index contributed by atoms with van der Waals surface area (Å²) in [5, 5.41) is 11.9. The number of nitrogens with zero attached hydrogens (tertiary/aromatic N) is 2. The van der Waals surface area contributed by atoms with Crippen LogP contribution >= 0.6 is 0 Å². The van der Waals surface area contributed by atoms with Crippen LogP contribution in [0.3, 0.4) is 0 Å². The van der Waals surface area contributed by atoms with Gasteiger partial charge in [0.05, 0.1) is 23.4 Å². The lowest BCUT2D eigenvalue weighted by atomic mass is 10.1. The summed E-state index contributed by atoms with van der Waals surface area (Å²) in [6.07, 6.45) is 2.89. The van der Waals surface area contributed by atoms with E-state index in [2.05, 4.69) is 10.3 Å². The lowest BCUT2D eigenvalue weighted by molar-refractivity contribution is -0.122. The molecule has 1 fully saturated rings. The molecular formula is C13H13N3O3. The Bertz CT molecular complexity index is 652. The number of aromatic carboxylic acids is 1. The van der Waals surface area contributed by atoms with E-state index in [1.54, 1.807) is 18.5 Å². The number of hydrogen-bond donors (Lipinski definition) is 2. The van der Waals surface area contributed by atoms with Crippen LogP contribution in [0.4, 0.5) is 0 Å². The normalized spacial score (nSPS) is 19.4. The molecule has 1 aliphatic rings. The first-order valence-electron chi connectivity index (χ1n) is 6.12. The summed E-state index contributed by atoms with van der Waals surface area (Å²) < 4.78 is 1.95. The number of imidazole rings is 1. The SMILES string of the molecule is O=C1CCC(n2cnc3c(C(=O)O)cccc32)CN1. The third-order valence-corrected chi connectivity index (χ3v) is 3.47. The van der Waals surface area contributed by atoms with Gasteiger partial charge in [-0.25, -0.2) is 9.78 Å². The van der Waals surface area contributed by atoms with E-state index >= 15 is 0 Å². The smallest absolute Gasteiger partial charge is 0.337 e. The van der Waals surface area contributed by atoms with Gasteiger partial charge in [0.25, 0.3) is 0 Å². The molecule has 0 radical (unpaired) electrons. The van der Waals surface area contributed by atoms with Gasteiger partial charge in [-0.05, 0) is 18.6 Å². The van der Waals surface area contributed by atoms with Crippen molar-refractivity contribution in [2.24, 2.45) is 0 Å². The van der Waals surface area contributed by atoms with E-state index in [1.165, 1.54) is 0 Å². The third kappa shape index (κ3) is 1.95. The zero-order valence-corrected chi connectivity index (χ0v) is 10.2. The molecule has 1 amide bonds. The third-order valence-electron chi connectivity index (χ3n) is 3.47. The number of nitrogens with one attached hydrogen (secondary N) is 1. The Labute approximate surface area is 109 Å². The lowest BCUT2D eigenvalue weighted by Gasteiger charge is -2.24. The van der Waals surface area contributed by atoms with E-state index in [0.29, 0.717) is 18.5 Å². The number of carbonyl (C=O) groups is 2. The van der Waals surface area contributed by atoms with Crippen molar-refractivity contribution in [1.29, 1.82) is 0 Å². The van der Waals surface area contributed by atoms with Gasteiger partial charge in [-0.3, -0.25) is 4.79 Å². The van der Waals surface area contributed by atoms with Gasteiger partial charge in [-0.1, -0.05) is 6.07 Å². The summed E-state index contributed by atoms with van der Waals surface area (Å²) in [6, 6.07) is 5.24. The minimum absolute atomic E-state index is 0.0619. The molecule has 2 heterocycles. The van der Waals surface area contributed by atoms with Gasteiger partial charge in [-0.2, -0.15) is 0 Å². The van der Waals surface area contributed by atoms with Crippen LogP contribution in [-0.4, -0.2) is 33.1 Å². The van der Waals surface area contributed by atoms with Crippen LogP contribution < -0.4 is 5.32 Å². The number of carboxylic acids is 1. The summed E-state index contributed by atoms with van der Waals surface area (Å²) in [7, 11) is 0. The molecule has 6 nitrogen and oxygen atoms in total. The van der Waals surface area contributed by atoms with E-state index in [0.717, 1.165) is 11.9 Å². The summed E-state index contributed by atoms with van der Waals surface area (Å²) in [4.78, 5) is 26.5. The maximum Gasteiger partial charge on any atom is 0.337 e. The monoisotopic (exact) mass is 259 g/mol. The van der Waals surface area contributed by atoms with Crippen LogP contribution in [-0.2, 0) is 4.79 Å². The minimum Gasteiger partial charge on any atom is -0.478 e. The molecule has 1 aliphatic heterocycles. The molecule has 1 aromatic heterocycles. The van der Waals surface area contributed by atoms with Crippen LogP contribution in [0.2, 0.25) is 0 Å². The number of para-hydroxylation sites is 1. The molecule has 0 saturated carbocycles. The molecule has 0 spiro atoms. The average Bonchev–Trinajstić information content (AvgIpc) is 2.83. The van der Waals surface area contributed by atoms with E-state index in [1.807, 2.05) is 10.6 Å². The standard InChI is InChI=1S/C13H13N3O3/c17-11-5-4-8(6-14-11)16-7-15-12-9(13(18)19)2-1-3-10(12)16/h1-3,7-8H,4-6H2,(H,14,17)(H,18,19). The predicted octanol–water partition coefficient (Wildman–Crippen LogP) is 1.19. The second kappa shape index (κ2) is 4.38. The topological polar surface area (TPSA) is 84.2 Å². The van der Waals surface area contributed by atoms with Crippen molar-refractivity contribution in [2.75, 3.05) is 6.54 Å². The van der Waals surface area contributed by atoms with Crippen molar-refractivity contribution in [3.63, 3.8) is 0 Å². The van der Waals surface area contributed by atoms with Crippen molar-refractivity contribution in [3.8, 4) is 0 Å². The quantitative estimate of drug-likeness (QED) is 0.848. The van der Waals surface area contributed by atoms with Crippen molar-refractivity contribution in [3.05, 3.63) is 30.1 Å². The number of fused-ring (bicyclic) bond motifs is 1. The summed E-state index contributed by atoms with van der Waals surface area (Å²) in [6.45, 7) is 0.557. The number of carbonyl (C=O) groups excluding carboxylic acids is 1. The fourth-order valence-corrected chi connectivity index (χ4v) is 2.48. The first-order chi connectivity index (χ1) is 9.16.